The summed E-state index contributed by atoms with van der Waals surface area (Å²) in [4.78, 5) is 0. The summed E-state index contributed by atoms with van der Waals surface area (Å²) in [6.07, 6.45) is -4.16. The number of nitrogens with two attached hydrogens (primary N) is 1. The summed E-state index contributed by atoms with van der Waals surface area (Å²) in [7, 11) is 0. The largest absolute Gasteiger partial charge is 0.401 e. The first-order valence-electron chi connectivity index (χ1n) is 4.52. The summed E-state index contributed by atoms with van der Waals surface area (Å²) < 4.78 is 35.5. The molecule has 0 unspecified atom stereocenters. The number of nitrogens with one attached hydrogen (secondary N) is 1. The van der Waals surface area contributed by atoms with Gasteiger partial charge < -0.3 is 11.1 Å². The summed E-state index contributed by atoms with van der Waals surface area (Å²) in [5, 5.41) is 2.37. The Balaban J connectivity index is 4.02. The number of rotatable bonds is 4. The van der Waals surface area contributed by atoms with Gasteiger partial charge in [0.15, 0.2) is 0 Å². The molecule has 3 N–H and O–H groups in total. The molecule has 0 saturated carbocycles. The normalized spacial score (nSPS) is 14.6. The Morgan fingerprint density at radius 3 is 1.71 bits per heavy atom. The predicted molar refractivity (Wildman–Crippen MR) is 51.0 cm³/mol. The lowest BCUT2D eigenvalue weighted by Crippen LogP contribution is -2.53. The van der Waals surface area contributed by atoms with E-state index in [4.69, 9.17) is 5.73 Å². The first-order chi connectivity index (χ1) is 5.96. The van der Waals surface area contributed by atoms with E-state index in [1.54, 1.807) is 0 Å². The molecule has 2 nitrogen and oxygen atoms in total. The van der Waals surface area contributed by atoms with E-state index in [1.807, 2.05) is 27.7 Å². The summed E-state index contributed by atoms with van der Waals surface area (Å²) in [5.41, 5.74) is 4.96. The summed E-state index contributed by atoms with van der Waals surface area (Å²) in [5.74, 6) is 0. The third-order valence-electron chi connectivity index (χ3n) is 2.64. The minimum absolute atomic E-state index is 0.246. The van der Waals surface area contributed by atoms with E-state index >= 15 is 0 Å². The zero-order chi connectivity index (χ0) is 11.6. The van der Waals surface area contributed by atoms with Gasteiger partial charge in [0, 0.05) is 12.1 Å². The molecule has 0 saturated heterocycles. The van der Waals surface area contributed by atoms with Crippen LogP contribution in [0.5, 0.6) is 0 Å². The Kier molecular flexibility index (Phi) is 3.98. The molecular weight excluding hydrogens is 193 g/mol. The quantitative estimate of drug-likeness (QED) is 0.747. The second kappa shape index (κ2) is 4.06. The van der Waals surface area contributed by atoms with Gasteiger partial charge in [0.2, 0.25) is 0 Å². The molecule has 0 spiro atoms. The van der Waals surface area contributed by atoms with Crippen LogP contribution in [0.3, 0.4) is 0 Å². The van der Waals surface area contributed by atoms with Crippen LogP contribution in [0.2, 0.25) is 0 Å². The molecule has 0 radical (unpaired) electrons. The van der Waals surface area contributed by atoms with E-state index < -0.39 is 18.3 Å². The van der Waals surface area contributed by atoms with Gasteiger partial charge in [-0.05, 0) is 19.3 Å². The molecular formula is C9H19F3N2. The van der Waals surface area contributed by atoms with Crippen molar-refractivity contribution in [3.63, 3.8) is 0 Å². The molecule has 0 aromatic heterocycles. The van der Waals surface area contributed by atoms with E-state index in [0.29, 0.717) is 0 Å². The molecule has 0 aliphatic carbocycles. The fourth-order valence-corrected chi connectivity index (χ4v) is 0.745. The van der Waals surface area contributed by atoms with Crippen molar-refractivity contribution in [2.75, 3.05) is 13.1 Å². The van der Waals surface area contributed by atoms with Gasteiger partial charge in [0.25, 0.3) is 0 Å². The van der Waals surface area contributed by atoms with Crippen molar-refractivity contribution in [3.05, 3.63) is 0 Å². The second-order valence-corrected chi connectivity index (χ2v) is 4.82. The first kappa shape index (κ1) is 13.7. The smallest absolute Gasteiger partial charge is 0.325 e. The van der Waals surface area contributed by atoms with Gasteiger partial charge in [-0.15, -0.1) is 0 Å². The maximum Gasteiger partial charge on any atom is 0.401 e. The molecule has 14 heavy (non-hydrogen) atoms. The molecule has 0 aliphatic heterocycles. The molecule has 0 fully saturated rings. The predicted octanol–water partition coefficient (Wildman–Crippen LogP) is 1.90. The maximum atomic E-state index is 11.8. The van der Waals surface area contributed by atoms with Crippen molar-refractivity contribution in [3.8, 4) is 0 Å². The molecule has 0 aromatic carbocycles. The lowest BCUT2D eigenvalue weighted by molar-refractivity contribution is -0.125. The van der Waals surface area contributed by atoms with Gasteiger partial charge >= 0.3 is 6.18 Å². The van der Waals surface area contributed by atoms with Crippen LogP contribution in [0.25, 0.3) is 0 Å². The van der Waals surface area contributed by atoms with Crippen molar-refractivity contribution in [1.82, 2.24) is 5.32 Å². The standard InChI is InChI=1S/C9H19F3N2/c1-7(2,8(3,4)13)5-14-6-9(10,11)12/h14H,5-6,13H2,1-4H3. The highest BCUT2D eigenvalue weighted by molar-refractivity contribution is 4.91. The summed E-state index contributed by atoms with van der Waals surface area (Å²) >= 11 is 0. The number of alkyl halides is 3. The van der Waals surface area contributed by atoms with Crippen molar-refractivity contribution < 1.29 is 13.2 Å². The van der Waals surface area contributed by atoms with Crippen molar-refractivity contribution in [1.29, 1.82) is 0 Å². The average Bonchev–Trinajstić information content (AvgIpc) is 1.80. The summed E-state index contributed by atoms with van der Waals surface area (Å²) in [6.45, 7) is 6.58. The van der Waals surface area contributed by atoms with Crippen LogP contribution in [0.15, 0.2) is 0 Å². The Hall–Kier alpha value is -0.290. The third kappa shape index (κ3) is 4.81. The lowest BCUT2D eigenvalue weighted by Gasteiger charge is -2.38. The minimum Gasteiger partial charge on any atom is -0.325 e. The highest BCUT2D eigenvalue weighted by Crippen LogP contribution is 2.27. The van der Waals surface area contributed by atoms with Gasteiger partial charge in [0.1, 0.15) is 0 Å². The molecule has 0 rings (SSSR count). The lowest BCUT2D eigenvalue weighted by atomic mass is 9.75. The number of hydrogen-bond donors (Lipinski definition) is 2. The third-order valence-corrected chi connectivity index (χ3v) is 2.64. The molecule has 0 bridgehead atoms. The van der Waals surface area contributed by atoms with Crippen LogP contribution in [-0.2, 0) is 0 Å². The molecule has 0 atom stereocenters. The fraction of sp³-hybridized carbons (Fsp3) is 1.00. The number of hydrogen-bond acceptors (Lipinski definition) is 2. The van der Waals surface area contributed by atoms with Crippen LogP contribution < -0.4 is 11.1 Å². The van der Waals surface area contributed by atoms with Gasteiger partial charge in [-0.25, -0.2) is 0 Å². The molecule has 0 aliphatic rings. The molecule has 0 aromatic rings. The Morgan fingerprint density at radius 1 is 1.00 bits per heavy atom. The minimum atomic E-state index is -4.16. The molecule has 0 heterocycles. The topological polar surface area (TPSA) is 38.0 Å². The van der Waals surface area contributed by atoms with E-state index in [1.165, 1.54) is 0 Å². The van der Waals surface area contributed by atoms with Gasteiger partial charge in [-0.3, -0.25) is 0 Å². The Morgan fingerprint density at radius 2 is 1.43 bits per heavy atom. The van der Waals surface area contributed by atoms with Gasteiger partial charge in [0.05, 0.1) is 6.54 Å². The molecule has 5 heteroatoms. The Labute approximate surface area is 83.0 Å². The van der Waals surface area contributed by atoms with Crippen LogP contribution in [0.4, 0.5) is 13.2 Å². The highest BCUT2D eigenvalue weighted by atomic mass is 19.4. The molecule has 0 amide bonds. The van der Waals surface area contributed by atoms with Crippen molar-refractivity contribution in [2.24, 2.45) is 11.1 Å². The van der Waals surface area contributed by atoms with E-state index in [0.717, 1.165) is 0 Å². The summed E-state index contributed by atoms with van der Waals surface area (Å²) in [6, 6.07) is 0. The van der Waals surface area contributed by atoms with Crippen LogP contribution in [0, 0.1) is 5.41 Å². The van der Waals surface area contributed by atoms with Gasteiger partial charge in [-0.1, -0.05) is 13.8 Å². The SMILES string of the molecule is CC(C)(N)C(C)(C)CNCC(F)(F)F. The number of halogens is 3. The zero-order valence-corrected chi connectivity index (χ0v) is 9.13. The van der Waals surface area contributed by atoms with E-state index in [9.17, 15) is 13.2 Å². The van der Waals surface area contributed by atoms with Gasteiger partial charge in [-0.2, -0.15) is 13.2 Å². The fourth-order valence-electron chi connectivity index (χ4n) is 0.745. The van der Waals surface area contributed by atoms with Crippen LogP contribution in [-0.4, -0.2) is 24.8 Å². The Bertz CT molecular complexity index is 179. The maximum absolute atomic E-state index is 11.8. The van der Waals surface area contributed by atoms with Crippen LogP contribution in [0.1, 0.15) is 27.7 Å². The van der Waals surface area contributed by atoms with E-state index in [2.05, 4.69) is 5.32 Å². The highest BCUT2D eigenvalue weighted by Gasteiger charge is 2.34. The zero-order valence-electron chi connectivity index (χ0n) is 9.13. The van der Waals surface area contributed by atoms with Crippen LogP contribution >= 0.6 is 0 Å². The monoisotopic (exact) mass is 212 g/mol. The molecule has 86 valence electrons. The first-order valence-corrected chi connectivity index (χ1v) is 4.52. The van der Waals surface area contributed by atoms with E-state index in [-0.39, 0.29) is 12.0 Å². The second-order valence-electron chi connectivity index (χ2n) is 4.82. The van der Waals surface area contributed by atoms with Crippen molar-refractivity contribution >= 4 is 0 Å². The average molecular weight is 212 g/mol. The van der Waals surface area contributed by atoms with Crippen molar-refractivity contribution in [2.45, 2.75) is 39.4 Å².